The third-order valence-electron chi connectivity index (χ3n) is 9.66. The molecule has 0 bridgehead atoms. The van der Waals surface area contributed by atoms with Crippen LogP contribution in [0.2, 0.25) is 0 Å². The van der Waals surface area contributed by atoms with Gasteiger partial charge in [0.05, 0.1) is 6.10 Å². The maximum atomic E-state index is 10.2. The van der Waals surface area contributed by atoms with Crippen LogP contribution in [0, 0.1) is 40.4 Å². The van der Waals surface area contributed by atoms with Crippen LogP contribution in [0.1, 0.15) is 98.8 Å². The summed E-state index contributed by atoms with van der Waals surface area (Å²) in [5.41, 5.74) is 4.24. The highest BCUT2D eigenvalue weighted by Gasteiger charge is 2.55. The van der Waals surface area contributed by atoms with Crippen LogP contribution in [0.25, 0.3) is 0 Å². The highest BCUT2D eigenvalue weighted by Crippen LogP contribution is 2.64. The Hall–Kier alpha value is -0.560. The highest BCUT2D eigenvalue weighted by molar-refractivity contribution is 5.46. The van der Waals surface area contributed by atoms with Gasteiger partial charge in [-0.05, 0) is 96.5 Å². The van der Waals surface area contributed by atoms with E-state index < -0.39 is 0 Å². The van der Waals surface area contributed by atoms with E-state index in [1.807, 2.05) is 0 Å². The zero-order valence-corrected chi connectivity index (χ0v) is 19.1. The van der Waals surface area contributed by atoms with Crippen molar-refractivity contribution >= 4 is 0 Å². The van der Waals surface area contributed by atoms with E-state index in [1.165, 1.54) is 51.4 Å². The van der Waals surface area contributed by atoms with Gasteiger partial charge in [0.15, 0.2) is 0 Å². The molecule has 0 aliphatic heterocycles. The Morgan fingerprint density at radius 3 is 2.61 bits per heavy atom. The second kappa shape index (κ2) is 7.60. The largest absolute Gasteiger partial charge is 0.393 e. The summed E-state index contributed by atoms with van der Waals surface area (Å²) >= 11 is 0. The fraction of sp³-hybridized carbons (Fsp3) is 0.852. The first-order valence-corrected chi connectivity index (χ1v) is 12.3. The lowest BCUT2D eigenvalue weighted by atomic mass is 9.51. The van der Waals surface area contributed by atoms with Crippen molar-refractivity contribution in [2.75, 3.05) is 0 Å². The van der Waals surface area contributed by atoms with Gasteiger partial charge in [0.1, 0.15) is 0 Å². The van der Waals surface area contributed by atoms with Gasteiger partial charge in [-0.15, -0.1) is 0 Å². The summed E-state index contributed by atoms with van der Waals surface area (Å²) in [5.74, 6) is 4.04. The molecule has 1 N–H and O–H groups in total. The first-order valence-electron chi connectivity index (χ1n) is 12.3. The van der Waals surface area contributed by atoms with E-state index in [1.54, 1.807) is 11.1 Å². The van der Waals surface area contributed by atoms with E-state index in [2.05, 4.69) is 46.8 Å². The molecule has 0 aromatic rings. The van der Waals surface area contributed by atoms with E-state index in [-0.39, 0.29) is 6.10 Å². The highest BCUT2D eigenvalue weighted by atomic mass is 16.3. The molecule has 0 radical (unpaired) electrons. The molecule has 0 aromatic carbocycles. The second-order valence-corrected chi connectivity index (χ2v) is 11.8. The van der Waals surface area contributed by atoms with Crippen LogP contribution in [-0.4, -0.2) is 11.2 Å². The minimum absolute atomic E-state index is 0.0648. The molecule has 2 saturated carbocycles. The van der Waals surface area contributed by atoms with Crippen molar-refractivity contribution in [3.63, 3.8) is 0 Å². The van der Waals surface area contributed by atoms with E-state index >= 15 is 0 Å². The maximum absolute atomic E-state index is 10.2. The Balaban J connectivity index is 1.54. The van der Waals surface area contributed by atoms with Crippen molar-refractivity contribution in [3.8, 4) is 0 Å². The van der Waals surface area contributed by atoms with Crippen molar-refractivity contribution in [2.45, 2.75) is 105 Å². The smallest absolute Gasteiger partial charge is 0.0543 e. The lowest BCUT2D eigenvalue weighted by molar-refractivity contribution is 0.0309. The summed E-state index contributed by atoms with van der Waals surface area (Å²) in [6.07, 6.45) is 17.9. The standard InChI is InChI=1S/C27H44O/c1-18(2)7-6-8-19(3)23-11-12-24-22-10-9-20-17-21(28)13-15-26(20,4)25(22)14-16-27(23,24)5/h10,14,18-21,23-24,28H,6-9,11-13,15-17H2,1-5H3/t19-,20?,21+,23-,24+,26+,27-/m1/s1. The summed E-state index contributed by atoms with van der Waals surface area (Å²) in [6.45, 7) is 12.4. The topological polar surface area (TPSA) is 20.2 Å². The normalized spacial score (nSPS) is 43.7. The average molecular weight is 385 g/mol. The zero-order chi connectivity index (χ0) is 20.1. The second-order valence-electron chi connectivity index (χ2n) is 11.8. The number of fused-ring (bicyclic) bond motifs is 5. The Kier molecular flexibility index (Phi) is 5.62. The molecule has 4 aliphatic carbocycles. The minimum atomic E-state index is -0.0648. The number of hydrogen-bond acceptors (Lipinski definition) is 1. The number of aliphatic hydroxyl groups excluding tert-OH is 1. The van der Waals surface area contributed by atoms with Gasteiger partial charge in [-0.3, -0.25) is 0 Å². The molecule has 4 rings (SSSR count). The molecule has 2 fully saturated rings. The van der Waals surface area contributed by atoms with Crippen molar-refractivity contribution in [3.05, 3.63) is 23.3 Å². The van der Waals surface area contributed by atoms with E-state index in [0.717, 1.165) is 36.5 Å². The quantitative estimate of drug-likeness (QED) is 0.527. The fourth-order valence-electron chi connectivity index (χ4n) is 7.85. The summed E-state index contributed by atoms with van der Waals surface area (Å²) in [5, 5.41) is 10.2. The van der Waals surface area contributed by atoms with Gasteiger partial charge >= 0.3 is 0 Å². The van der Waals surface area contributed by atoms with Gasteiger partial charge in [0, 0.05) is 0 Å². The number of aliphatic hydroxyl groups is 1. The summed E-state index contributed by atoms with van der Waals surface area (Å²) < 4.78 is 0. The van der Waals surface area contributed by atoms with Crippen molar-refractivity contribution in [1.82, 2.24) is 0 Å². The van der Waals surface area contributed by atoms with E-state index in [0.29, 0.717) is 16.7 Å². The Morgan fingerprint density at radius 1 is 1.07 bits per heavy atom. The van der Waals surface area contributed by atoms with Crippen LogP contribution in [0.4, 0.5) is 0 Å². The lowest BCUT2D eigenvalue weighted by Gasteiger charge is -2.53. The van der Waals surface area contributed by atoms with Gasteiger partial charge in [-0.25, -0.2) is 0 Å². The molecule has 4 aliphatic rings. The van der Waals surface area contributed by atoms with Crippen molar-refractivity contribution < 1.29 is 5.11 Å². The third-order valence-corrected chi connectivity index (χ3v) is 9.66. The van der Waals surface area contributed by atoms with Gasteiger partial charge < -0.3 is 5.11 Å². The molecule has 0 saturated heterocycles. The molecule has 7 atom stereocenters. The molecule has 1 unspecified atom stereocenters. The van der Waals surface area contributed by atoms with Gasteiger partial charge in [0.25, 0.3) is 0 Å². The SMILES string of the molecule is CC(C)CCC[C@@H](C)[C@H]1CC[C@H]2C3=CCC4C[C@@H](O)CC[C@]4(C)C3=CC[C@]12C. The first-order chi connectivity index (χ1) is 13.3. The van der Waals surface area contributed by atoms with Crippen LogP contribution in [0.15, 0.2) is 23.3 Å². The molecule has 1 heteroatoms. The summed E-state index contributed by atoms with van der Waals surface area (Å²) in [6, 6.07) is 0. The Bertz CT molecular complexity index is 643. The molecule has 0 heterocycles. The predicted molar refractivity (Wildman–Crippen MR) is 119 cm³/mol. The molecule has 0 amide bonds. The summed E-state index contributed by atoms with van der Waals surface area (Å²) in [7, 11) is 0. The molecular weight excluding hydrogens is 340 g/mol. The van der Waals surface area contributed by atoms with Crippen LogP contribution in [0.5, 0.6) is 0 Å². The van der Waals surface area contributed by atoms with Gasteiger partial charge in [-0.2, -0.15) is 0 Å². The van der Waals surface area contributed by atoms with E-state index in [9.17, 15) is 5.11 Å². The number of allylic oxidation sites excluding steroid dienone is 4. The van der Waals surface area contributed by atoms with Crippen molar-refractivity contribution in [2.24, 2.45) is 40.4 Å². The number of rotatable bonds is 5. The fourth-order valence-corrected chi connectivity index (χ4v) is 7.85. The molecule has 0 aromatic heterocycles. The number of hydrogen-bond donors (Lipinski definition) is 1. The maximum Gasteiger partial charge on any atom is 0.0543 e. The monoisotopic (exact) mass is 384 g/mol. The predicted octanol–water partition coefficient (Wildman–Crippen LogP) is 7.31. The molecule has 28 heavy (non-hydrogen) atoms. The third kappa shape index (κ3) is 3.34. The van der Waals surface area contributed by atoms with Crippen LogP contribution in [-0.2, 0) is 0 Å². The molecular formula is C27H44O. The van der Waals surface area contributed by atoms with Crippen LogP contribution in [0.3, 0.4) is 0 Å². The van der Waals surface area contributed by atoms with Gasteiger partial charge in [-0.1, -0.05) is 66.0 Å². The van der Waals surface area contributed by atoms with Crippen LogP contribution >= 0.6 is 0 Å². The van der Waals surface area contributed by atoms with Crippen molar-refractivity contribution in [1.29, 1.82) is 0 Å². The summed E-state index contributed by atoms with van der Waals surface area (Å²) in [4.78, 5) is 0. The van der Waals surface area contributed by atoms with Gasteiger partial charge in [0.2, 0.25) is 0 Å². The Labute approximate surface area is 174 Å². The van der Waals surface area contributed by atoms with E-state index in [4.69, 9.17) is 0 Å². The Morgan fingerprint density at radius 2 is 1.86 bits per heavy atom. The molecule has 158 valence electrons. The molecule has 1 nitrogen and oxygen atoms in total. The molecule has 0 spiro atoms. The van der Waals surface area contributed by atoms with Crippen LogP contribution < -0.4 is 0 Å². The minimum Gasteiger partial charge on any atom is -0.393 e. The zero-order valence-electron chi connectivity index (χ0n) is 19.1. The first kappa shape index (κ1) is 20.7. The average Bonchev–Trinajstić information content (AvgIpc) is 2.99. The lowest BCUT2D eigenvalue weighted by Crippen LogP contribution is -2.44.